The van der Waals surface area contributed by atoms with E-state index in [1.54, 1.807) is 24.3 Å². The van der Waals surface area contributed by atoms with Gasteiger partial charge in [0.15, 0.2) is 0 Å². The summed E-state index contributed by atoms with van der Waals surface area (Å²) in [5.74, 6) is 0.0265. The van der Waals surface area contributed by atoms with Crippen molar-refractivity contribution in [3.05, 3.63) is 52.0 Å². The van der Waals surface area contributed by atoms with E-state index in [-0.39, 0.29) is 5.91 Å². The minimum Gasteiger partial charge on any atom is -0.339 e. The van der Waals surface area contributed by atoms with Gasteiger partial charge in [0.2, 0.25) is 5.91 Å². The third kappa shape index (κ3) is 3.85. The molecule has 0 saturated carbocycles. The van der Waals surface area contributed by atoms with E-state index >= 15 is 0 Å². The number of carbonyl (C=O) groups excluding carboxylic acids is 1. The summed E-state index contributed by atoms with van der Waals surface area (Å²) in [5, 5.41) is 1.00. The number of carbonyl (C=O) groups is 1. The van der Waals surface area contributed by atoms with E-state index < -0.39 is 0 Å². The van der Waals surface area contributed by atoms with Gasteiger partial charge in [0.25, 0.3) is 0 Å². The standard InChI is InChI=1S/C15H15Cl2NO/c1-11-6-8-18(9-7-11)15(19)5-3-12-2-4-13(16)14(17)10-12/h2-5,10H,1,6-9H2/b5-3+. The maximum atomic E-state index is 12.0. The topological polar surface area (TPSA) is 20.3 Å². The molecule has 2 rings (SSSR count). The van der Waals surface area contributed by atoms with Crippen molar-refractivity contribution in [3.8, 4) is 0 Å². The second-order valence-corrected chi connectivity index (χ2v) is 5.40. The van der Waals surface area contributed by atoms with E-state index in [0.29, 0.717) is 10.0 Å². The number of halogens is 2. The molecule has 0 unspecified atom stereocenters. The van der Waals surface area contributed by atoms with Crippen LogP contribution in [0, 0.1) is 0 Å². The first-order chi connectivity index (χ1) is 9.06. The highest BCUT2D eigenvalue weighted by molar-refractivity contribution is 6.42. The Morgan fingerprint density at radius 2 is 1.89 bits per heavy atom. The van der Waals surface area contributed by atoms with Gasteiger partial charge in [-0.2, -0.15) is 0 Å². The molecule has 0 radical (unpaired) electrons. The lowest BCUT2D eigenvalue weighted by Gasteiger charge is -2.26. The molecular weight excluding hydrogens is 281 g/mol. The quantitative estimate of drug-likeness (QED) is 0.592. The minimum absolute atomic E-state index is 0.0265. The number of nitrogens with zero attached hydrogens (tertiary/aromatic N) is 1. The van der Waals surface area contributed by atoms with Crippen molar-refractivity contribution in [2.45, 2.75) is 12.8 Å². The van der Waals surface area contributed by atoms with Crippen molar-refractivity contribution in [1.82, 2.24) is 4.90 Å². The molecule has 100 valence electrons. The smallest absolute Gasteiger partial charge is 0.246 e. The van der Waals surface area contributed by atoms with Gasteiger partial charge in [0, 0.05) is 19.2 Å². The zero-order valence-electron chi connectivity index (χ0n) is 10.5. The Morgan fingerprint density at radius 1 is 1.21 bits per heavy atom. The molecular formula is C15H15Cl2NO. The van der Waals surface area contributed by atoms with Crippen LogP contribution in [0.1, 0.15) is 18.4 Å². The lowest BCUT2D eigenvalue weighted by molar-refractivity contribution is -0.126. The van der Waals surface area contributed by atoms with Crippen molar-refractivity contribution >= 4 is 35.2 Å². The monoisotopic (exact) mass is 295 g/mol. The molecule has 1 aliphatic rings. The highest BCUT2D eigenvalue weighted by Gasteiger charge is 2.15. The summed E-state index contributed by atoms with van der Waals surface area (Å²) >= 11 is 11.8. The SMILES string of the molecule is C=C1CCN(C(=O)/C=C/c2ccc(Cl)c(Cl)c2)CC1. The van der Waals surface area contributed by atoms with Gasteiger partial charge in [-0.3, -0.25) is 4.79 Å². The van der Waals surface area contributed by atoms with Gasteiger partial charge in [-0.25, -0.2) is 0 Å². The Bertz CT molecular complexity index is 527. The average Bonchev–Trinajstić information content (AvgIpc) is 2.40. The molecule has 1 aromatic rings. The van der Waals surface area contributed by atoms with Gasteiger partial charge in [-0.1, -0.05) is 41.4 Å². The van der Waals surface area contributed by atoms with Crippen LogP contribution in [0.15, 0.2) is 36.4 Å². The zero-order chi connectivity index (χ0) is 13.8. The van der Waals surface area contributed by atoms with Crippen LogP contribution < -0.4 is 0 Å². The summed E-state index contributed by atoms with van der Waals surface area (Å²) in [6.07, 6.45) is 5.13. The van der Waals surface area contributed by atoms with Crippen molar-refractivity contribution in [2.75, 3.05) is 13.1 Å². The highest BCUT2D eigenvalue weighted by atomic mass is 35.5. The number of piperidine rings is 1. The predicted octanol–water partition coefficient (Wildman–Crippen LogP) is 4.19. The molecule has 2 nitrogen and oxygen atoms in total. The van der Waals surface area contributed by atoms with Crippen LogP contribution >= 0.6 is 23.2 Å². The Kier molecular flexibility index (Phi) is 4.67. The molecule has 1 heterocycles. The maximum absolute atomic E-state index is 12.0. The van der Waals surface area contributed by atoms with Crippen LogP contribution in [0.3, 0.4) is 0 Å². The fraction of sp³-hybridized carbons (Fsp3) is 0.267. The summed E-state index contributed by atoms with van der Waals surface area (Å²) in [6.45, 7) is 5.44. The molecule has 19 heavy (non-hydrogen) atoms. The normalized spacial score (nSPS) is 16.1. The van der Waals surface area contributed by atoms with Crippen LogP contribution in [0.4, 0.5) is 0 Å². The largest absolute Gasteiger partial charge is 0.339 e. The number of likely N-dealkylation sites (tertiary alicyclic amines) is 1. The molecule has 1 fully saturated rings. The molecule has 0 spiro atoms. The lowest BCUT2D eigenvalue weighted by atomic mass is 10.1. The van der Waals surface area contributed by atoms with Crippen molar-refractivity contribution < 1.29 is 4.79 Å². The molecule has 0 aromatic heterocycles. The Morgan fingerprint density at radius 3 is 2.53 bits per heavy atom. The van der Waals surface area contributed by atoms with Gasteiger partial charge in [0.1, 0.15) is 0 Å². The fourth-order valence-corrected chi connectivity index (χ4v) is 2.24. The molecule has 0 bridgehead atoms. The first-order valence-corrected chi connectivity index (χ1v) is 6.90. The second-order valence-electron chi connectivity index (χ2n) is 4.58. The third-order valence-corrected chi connectivity index (χ3v) is 3.88. The lowest BCUT2D eigenvalue weighted by Crippen LogP contribution is -2.34. The number of rotatable bonds is 2. The maximum Gasteiger partial charge on any atom is 0.246 e. The molecule has 0 aliphatic carbocycles. The Balaban J connectivity index is 1.99. The van der Waals surface area contributed by atoms with E-state index in [2.05, 4.69) is 6.58 Å². The van der Waals surface area contributed by atoms with Gasteiger partial charge in [0.05, 0.1) is 10.0 Å². The highest BCUT2D eigenvalue weighted by Crippen LogP contribution is 2.23. The van der Waals surface area contributed by atoms with Crippen LogP contribution in [0.2, 0.25) is 10.0 Å². The summed E-state index contributed by atoms with van der Waals surface area (Å²) in [5.41, 5.74) is 2.08. The zero-order valence-corrected chi connectivity index (χ0v) is 12.0. The van der Waals surface area contributed by atoms with E-state index in [4.69, 9.17) is 23.2 Å². The molecule has 1 saturated heterocycles. The minimum atomic E-state index is 0.0265. The molecule has 1 aliphatic heterocycles. The van der Waals surface area contributed by atoms with E-state index in [1.165, 1.54) is 5.57 Å². The van der Waals surface area contributed by atoms with Gasteiger partial charge in [-0.15, -0.1) is 0 Å². The van der Waals surface area contributed by atoms with E-state index in [1.807, 2.05) is 11.0 Å². The molecule has 1 amide bonds. The van der Waals surface area contributed by atoms with Crippen molar-refractivity contribution in [3.63, 3.8) is 0 Å². The molecule has 4 heteroatoms. The van der Waals surface area contributed by atoms with Crippen LogP contribution in [0.5, 0.6) is 0 Å². The second kappa shape index (κ2) is 6.27. The van der Waals surface area contributed by atoms with Crippen LogP contribution in [-0.2, 0) is 4.79 Å². The van der Waals surface area contributed by atoms with Gasteiger partial charge in [-0.05, 0) is 36.6 Å². The Hall–Kier alpha value is -1.25. The first-order valence-electron chi connectivity index (χ1n) is 6.15. The van der Waals surface area contributed by atoms with Crippen molar-refractivity contribution in [2.24, 2.45) is 0 Å². The van der Waals surface area contributed by atoms with Crippen molar-refractivity contribution in [1.29, 1.82) is 0 Å². The fourth-order valence-electron chi connectivity index (χ4n) is 1.93. The predicted molar refractivity (Wildman–Crippen MR) is 80.5 cm³/mol. The summed E-state index contributed by atoms with van der Waals surface area (Å²) < 4.78 is 0. The van der Waals surface area contributed by atoms with Crippen LogP contribution in [-0.4, -0.2) is 23.9 Å². The summed E-state index contributed by atoms with van der Waals surface area (Å²) in [7, 11) is 0. The molecule has 0 N–H and O–H groups in total. The first kappa shape index (κ1) is 14.2. The van der Waals surface area contributed by atoms with Gasteiger partial charge < -0.3 is 4.90 Å². The number of benzene rings is 1. The summed E-state index contributed by atoms with van der Waals surface area (Å²) in [4.78, 5) is 13.8. The summed E-state index contributed by atoms with van der Waals surface area (Å²) in [6, 6.07) is 5.29. The number of hydrogen-bond donors (Lipinski definition) is 0. The Labute approximate surface area is 123 Å². The number of amides is 1. The van der Waals surface area contributed by atoms with Crippen LogP contribution in [0.25, 0.3) is 6.08 Å². The molecule has 1 aromatic carbocycles. The van der Waals surface area contributed by atoms with Gasteiger partial charge >= 0.3 is 0 Å². The number of hydrogen-bond acceptors (Lipinski definition) is 1. The van der Waals surface area contributed by atoms with E-state index in [0.717, 1.165) is 31.5 Å². The third-order valence-electron chi connectivity index (χ3n) is 3.14. The molecule has 0 atom stereocenters. The average molecular weight is 296 g/mol. The van der Waals surface area contributed by atoms with E-state index in [9.17, 15) is 4.79 Å².